The molecule has 0 radical (unpaired) electrons. The summed E-state index contributed by atoms with van der Waals surface area (Å²) in [5, 5.41) is 8.68. The third-order valence-corrected chi connectivity index (χ3v) is 1.80. The molecule has 0 fully saturated rings. The van der Waals surface area contributed by atoms with Crippen LogP contribution < -0.4 is 5.73 Å². The van der Waals surface area contributed by atoms with Crippen LogP contribution in [0, 0.1) is 0 Å². The Labute approximate surface area is 76.2 Å². The minimum atomic E-state index is -1.06. The molecular formula is C8H13N3O2. The number of nitrogens with two attached hydrogens (primary N) is 1. The van der Waals surface area contributed by atoms with Crippen molar-refractivity contribution in [3.63, 3.8) is 0 Å². The molecule has 0 saturated heterocycles. The Bertz CT molecular complexity index is 306. The first-order valence-electron chi connectivity index (χ1n) is 4.05. The van der Waals surface area contributed by atoms with E-state index in [0.29, 0.717) is 5.82 Å². The smallest absolute Gasteiger partial charge is 0.328 e. The van der Waals surface area contributed by atoms with E-state index in [4.69, 9.17) is 10.8 Å². The Balaban J connectivity index is 3.00. The van der Waals surface area contributed by atoms with Crippen molar-refractivity contribution in [1.29, 1.82) is 0 Å². The summed E-state index contributed by atoms with van der Waals surface area (Å²) in [6, 6.07) is -0.875. The van der Waals surface area contributed by atoms with Crippen molar-refractivity contribution in [2.75, 3.05) is 0 Å². The monoisotopic (exact) mass is 183 g/mol. The molecular weight excluding hydrogens is 170 g/mol. The summed E-state index contributed by atoms with van der Waals surface area (Å²) in [7, 11) is 0. The number of aromatic nitrogens is 2. The van der Waals surface area contributed by atoms with Crippen LogP contribution in [0.4, 0.5) is 0 Å². The fraction of sp³-hybridized carbons (Fsp3) is 0.500. The number of hydrogen-bond acceptors (Lipinski definition) is 3. The highest BCUT2D eigenvalue weighted by Crippen LogP contribution is 2.13. The van der Waals surface area contributed by atoms with Crippen LogP contribution in [-0.2, 0) is 4.79 Å². The van der Waals surface area contributed by atoms with E-state index >= 15 is 0 Å². The largest absolute Gasteiger partial charge is 0.480 e. The average Bonchev–Trinajstić information content (AvgIpc) is 2.50. The van der Waals surface area contributed by atoms with Gasteiger partial charge in [-0.3, -0.25) is 4.79 Å². The summed E-state index contributed by atoms with van der Waals surface area (Å²) in [5.74, 6) is -0.671. The number of carboxylic acid groups (broad SMARTS) is 1. The molecule has 0 aliphatic rings. The van der Waals surface area contributed by atoms with Crippen LogP contribution >= 0.6 is 0 Å². The van der Waals surface area contributed by atoms with Gasteiger partial charge in [0.2, 0.25) is 0 Å². The van der Waals surface area contributed by atoms with Crippen molar-refractivity contribution in [2.24, 2.45) is 5.73 Å². The molecule has 5 nitrogen and oxygen atoms in total. The molecule has 0 bridgehead atoms. The van der Waals surface area contributed by atoms with E-state index in [0.717, 1.165) is 0 Å². The lowest BCUT2D eigenvalue weighted by Crippen LogP contribution is -2.25. The van der Waals surface area contributed by atoms with Crippen LogP contribution in [0.1, 0.15) is 31.8 Å². The van der Waals surface area contributed by atoms with Gasteiger partial charge in [-0.25, -0.2) is 4.98 Å². The molecule has 1 unspecified atom stereocenters. The molecule has 0 spiro atoms. The normalized spacial score (nSPS) is 13.2. The predicted octanol–water partition coefficient (Wildman–Crippen LogP) is 0.548. The van der Waals surface area contributed by atoms with Gasteiger partial charge in [0.1, 0.15) is 5.82 Å². The SMILES string of the molecule is CC(C)n1ccnc1C(N)C(=O)O. The summed E-state index contributed by atoms with van der Waals surface area (Å²) in [6.07, 6.45) is 3.28. The van der Waals surface area contributed by atoms with E-state index in [9.17, 15) is 4.79 Å². The number of rotatable bonds is 3. The molecule has 5 heteroatoms. The van der Waals surface area contributed by atoms with Gasteiger partial charge in [-0.05, 0) is 13.8 Å². The molecule has 1 atom stereocenters. The fourth-order valence-electron chi connectivity index (χ4n) is 1.11. The molecule has 72 valence electrons. The Hall–Kier alpha value is -1.36. The molecule has 0 aromatic carbocycles. The number of aliphatic carboxylic acids is 1. The van der Waals surface area contributed by atoms with Gasteiger partial charge in [0.25, 0.3) is 0 Å². The third-order valence-electron chi connectivity index (χ3n) is 1.80. The maximum atomic E-state index is 10.6. The van der Waals surface area contributed by atoms with Crippen LogP contribution in [-0.4, -0.2) is 20.6 Å². The van der Waals surface area contributed by atoms with E-state index in [1.807, 2.05) is 13.8 Å². The quantitative estimate of drug-likeness (QED) is 0.717. The molecule has 3 N–H and O–H groups in total. The molecule has 13 heavy (non-hydrogen) atoms. The predicted molar refractivity (Wildman–Crippen MR) is 47.2 cm³/mol. The van der Waals surface area contributed by atoms with Gasteiger partial charge >= 0.3 is 5.97 Å². The van der Waals surface area contributed by atoms with Crippen molar-refractivity contribution in [3.8, 4) is 0 Å². The first-order valence-corrected chi connectivity index (χ1v) is 4.05. The van der Waals surface area contributed by atoms with E-state index in [1.54, 1.807) is 17.0 Å². The Morgan fingerprint density at radius 3 is 2.77 bits per heavy atom. The van der Waals surface area contributed by atoms with Gasteiger partial charge in [-0.1, -0.05) is 0 Å². The zero-order chi connectivity index (χ0) is 10.0. The summed E-state index contributed by atoms with van der Waals surface area (Å²) < 4.78 is 1.75. The molecule has 1 aromatic heterocycles. The molecule has 0 amide bonds. The van der Waals surface area contributed by atoms with Gasteiger partial charge in [0.15, 0.2) is 6.04 Å². The maximum Gasteiger partial charge on any atom is 0.328 e. The lowest BCUT2D eigenvalue weighted by Gasteiger charge is -2.13. The minimum absolute atomic E-state index is 0.169. The number of imidazole rings is 1. The van der Waals surface area contributed by atoms with E-state index in [2.05, 4.69) is 4.98 Å². The highest BCUT2D eigenvalue weighted by atomic mass is 16.4. The van der Waals surface area contributed by atoms with Gasteiger partial charge in [-0.15, -0.1) is 0 Å². The van der Waals surface area contributed by atoms with E-state index < -0.39 is 12.0 Å². The van der Waals surface area contributed by atoms with Crippen molar-refractivity contribution < 1.29 is 9.90 Å². The summed E-state index contributed by atoms with van der Waals surface area (Å²) in [5.41, 5.74) is 5.44. The van der Waals surface area contributed by atoms with Crippen molar-refractivity contribution in [2.45, 2.75) is 25.9 Å². The highest BCUT2D eigenvalue weighted by molar-refractivity contribution is 5.74. The first kappa shape index (κ1) is 9.73. The second-order valence-electron chi connectivity index (χ2n) is 3.10. The summed E-state index contributed by atoms with van der Waals surface area (Å²) >= 11 is 0. The van der Waals surface area contributed by atoms with Crippen molar-refractivity contribution in [3.05, 3.63) is 18.2 Å². The van der Waals surface area contributed by atoms with Gasteiger partial charge in [0.05, 0.1) is 0 Å². The average molecular weight is 183 g/mol. The molecule has 1 rings (SSSR count). The summed E-state index contributed by atoms with van der Waals surface area (Å²) in [6.45, 7) is 3.89. The molecule has 1 aromatic rings. The Morgan fingerprint density at radius 1 is 1.69 bits per heavy atom. The van der Waals surface area contributed by atoms with Crippen LogP contribution in [0.2, 0.25) is 0 Å². The van der Waals surface area contributed by atoms with Crippen LogP contribution in [0.3, 0.4) is 0 Å². The topological polar surface area (TPSA) is 81.1 Å². The van der Waals surface area contributed by atoms with Gasteiger partial charge in [-0.2, -0.15) is 0 Å². The molecule has 0 aliphatic carbocycles. The highest BCUT2D eigenvalue weighted by Gasteiger charge is 2.20. The second kappa shape index (κ2) is 3.57. The zero-order valence-electron chi connectivity index (χ0n) is 7.64. The lowest BCUT2D eigenvalue weighted by molar-refractivity contribution is -0.138. The maximum absolute atomic E-state index is 10.6. The number of carbonyl (C=O) groups is 1. The third kappa shape index (κ3) is 1.86. The van der Waals surface area contributed by atoms with E-state index in [1.165, 1.54) is 0 Å². The summed E-state index contributed by atoms with van der Waals surface area (Å²) in [4.78, 5) is 14.5. The van der Waals surface area contributed by atoms with Crippen molar-refractivity contribution in [1.82, 2.24) is 9.55 Å². The Kier molecular flexibility index (Phi) is 2.67. The molecule has 0 aliphatic heterocycles. The zero-order valence-corrected chi connectivity index (χ0v) is 7.64. The van der Waals surface area contributed by atoms with Gasteiger partial charge < -0.3 is 15.4 Å². The number of carboxylic acids is 1. The van der Waals surface area contributed by atoms with Gasteiger partial charge in [0, 0.05) is 18.4 Å². The minimum Gasteiger partial charge on any atom is -0.480 e. The molecule has 0 saturated carbocycles. The van der Waals surface area contributed by atoms with E-state index in [-0.39, 0.29) is 6.04 Å². The Morgan fingerprint density at radius 2 is 2.31 bits per heavy atom. The lowest BCUT2D eigenvalue weighted by atomic mass is 10.3. The number of hydrogen-bond donors (Lipinski definition) is 2. The second-order valence-corrected chi connectivity index (χ2v) is 3.10. The van der Waals surface area contributed by atoms with Crippen LogP contribution in [0.25, 0.3) is 0 Å². The standard InChI is InChI=1S/C8H13N3O2/c1-5(2)11-4-3-10-7(11)6(9)8(12)13/h3-6H,9H2,1-2H3,(H,12,13). The van der Waals surface area contributed by atoms with Crippen LogP contribution in [0.15, 0.2) is 12.4 Å². The first-order chi connectivity index (χ1) is 6.04. The fourth-order valence-corrected chi connectivity index (χ4v) is 1.11. The molecule has 1 heterocycles. The number of nitrogens with zero attached hydrogens (tertiary/aromatic N) is 2. The van der Waals surface area contributed by atoms with Crippen molar-refractivity contribution >= 4 is 5.97 Å². The van der Waals surface area contributed by atoms with Crippen LogP contribution in [0.5, 0.6) is 0 Å².